The number of ether oxygens (including phenoxy) is 1. The van der Waals surface area contributed by atoms with E-state index in [1.807, 2.05) is 48.3 Å². The third-order valence-electron chi connectivity index (χ3n) is 2.75. The van der Waals surface area contributed by atoms with E-state index in [0.29, 0.717) is 5.88 Å². The first-order chi connectivity index (χ1) is 8.74. The number of pyridine rings is 1. The number of hydrogen-bond acceptors (Lipinski definition) is 3. The minimum absolute atomic E-state index is 0.488. The van der Waals surface area contributed by atoms with Gasteiger partial charge in [0.05, 0.1) is 7.11 Å². The van der Waals surface area contributed by atoms with E-state index in [2.05, 4.69) is 4.98 Å². The third-order valence-corrected chi connectivity index (χ3v) is 3.06. The number of alkyl halides is 1. The van der Waals surface area contributed by atoms with Gasteiger partial charge in [-0.1, -0.05) is 6.07 Å². The molecule has 1 aromatic heterocycles. The van der Waals surface area contributed by atoms with Gasteiger partial charge in [0, 0.05) is 30.9 Å². The minimum Gasteiger partial charge on any atom is -0.497 e. The Morgan fingerprint density at radius 1 is 1.28 bits per heavy atom. The number of benzene rings is 1. The predicted octanol–water partition coefficient (Wildman–Crippen LogP) is 3.60. The Kier molecular flexibility index (Phi) is 4.05. The molecular weight excluding hydrogens is 248 g/mol. The highest BCUT2D eigenvalue weighted by Crippen LogP contribution is 2.25. The first-order valence-electron chi connectivity index (χ1n) is 5.63. The number of rotatable bonds is 4. The quantitative estimate of drug-likeness (QED) is 0.788. The molecule has 0 bridgehead atoms. The second-order valence-corrected chi connectivity index (χ2v) is 4.18. The molecule has 0 saturated carbocycles. The van der Waals surface area contributed by atoms with Gasteiger partial charge in [0.15, 0.2) is 0 Å². The Hall–Kier alpha value is -1.74. The maximum atomic E-state index is 5.83. The molecule has 18 heavy (non-hydrogen) atoms. The van der Waals surface area contributed by atoms with Crippen LogP contribution in [0, 0.1) is 0 Å². The highest BCUT2D eigenvalue weighted by Gasteiger charge is 2.06. The van der Waals surface area contributed by atoms with E-state index in [1.54, 1.807) is 13.3 Å². The summed E-state index contributed by atoms with van der Waals surface area (Å²) in [5.41, 5.74) is 2.07. The molecule has 4 heteroatoms. The van der Waals surface area contributed by atoms with Crippen LogP contribution in [0.25, 0.3) is 0 Å². The number of anilines is 2. The van der Waals surface area contributed by atoms with Crippen molar-refractivity contribution in [2.24, 2.45) is 0 Å². The summed E-state index contributed by atoms with van der Waals surface area (Å²) >= 11 is 5.83. The molecule has 0 atom stereocenters. The number of aromatic nitrogens is 1. The van der Waals surface area contributed by atoms with E-state index in [9.17, 15) is 0 Å². The predicted molar refractivity (Wildman–Crippen MR) is 74.9 cm³/mol. The number of halogens is 1. The van der Waals surface area contributed by atoms with Crippen molar-refractivity contribution in [1.29, 1.82) is 0 Å². The number of hydrogen-bond donors (Lipinski definition) is 0. The second kappa shape index (κ2) is 5.74. The van der Waals surface area contributed by atoms with Crippen molar-refractivity contribution >= 4 is 23.1 Å². The van der Waals surface area contributed by atoms with Crippen molar-refractivity contribution in [1.82, 2.24) is 4.98 Å². The molecule has 0 aliphatic rings. The zero-order chi connectivity index (χ0) is 13.0. The summed E-state index contributed by atoms with van der Waals surface area (Å²) in [7, 11) is 3.63. The van der Waals surface area contributed by atoms with E-state index < -0.39 is 0 Å². The van der Waals surface area contributed by atoms with Crippen LogP contribution in [-0.4, -0.2) is 19.1 Å². The monoisotopic (exact) mass is 262 g/mol. The van der Waals surface area contributed by atoms with E-state index in [4.69, 9.17) is 16.3 Å². The Balaban J connectivity index is 2.31. The molecule has 0 fully saturated rings. The molecule has 2 aromatic rings. The summed E-state index contributed by atoms with van der Waals surface area (Å²) in [6.07, 6.45) is 1.77. The number of nitrogens with zero attached hydrogens (tertiary/aromatic N) is 2. The van der Waals surface area contributed by atoms with Gasteiger partial charge < -0.3 is 9.64 Å². The average molecular weight is 263 g/mol. The van der Waals surface area contributed by atoms with Crippen LogP contribution < -0.4 is 9.64 Å². The Morgan fingerprint density at radius 3 is 2.83 bits per heavy atom. The summed E-state index contributed by atoms with van der Waals surface area (Å²) in [4.78, 5) is 6.34. The fourth-order valence-corrected chi connectivity index (χ4v) is 1.84. The van der Waals surface area contributed by atoms with Crippen molar-refractivity contribution in [2.45, 2.75) is 5.88 Å². The smallest absolute Gasteiger partial charge is 0.132 e. The van der Waals surface area contributed by atoms with Crippen LogP contribution in [0.5, 0.6) is 5.75 Å². The summed E-state index contributed by atoms with van der Waals surface area (Å²) in [5, 5.41) is 0. The van der Waals surface area contributed by atoms with Gasteiger partial charge in [-0.15, -0.1) is 11.6 Å². The van der Waals surface area contributed by atoms with Crippen LogP contribution in [0.1, 0.15) is 5.56 Å². The lowest BCUT2D eigenvalue weighted by atomic mass is 10.2. The standard InChI is InChI=1S/C14H15ClN2O/c1-17(12-4-3-5-13(9-12)18-2)14-8-11(10-15)6-7-16-14/h3-9H,10H2,1-2H3. The molecular formula is C14H15ClN2O. The van der Waals surface area contributed by atoms with E-state index in [0.717, 1.165) is 22.8 Å². The second-order valence-electron chi connectivity index (χ2n) is 3.92. The molecule has 0 amide bonds. The highest BCUT2D eigenvalue weighted by atomic mass is 35.5. The van der Waals surface area contributed by atoms with Crippen LogP contribution >= 0.6 is 11.6 Å². The van der Waals surface area contributed by atoms with Gasteiger partial charge in [0.25, 0.3) is 0 Å². The minimum atomic E-state index is 0.488. The van der Waals surface area contributed by atoms with Crippen molar-refractivity contribution in [3.05, 3.63) is 48.2 Å². The van der Waals surface area contributed by atoms with Gasteiger partial charge in [-0.2, -0.15) is 0 Å². The van der Waals surface area contributed by atoms with Crippen molar-refractivity contribution < 1.29 is 4.74 Å². The summed E-state index contributed by atoms with van der Waals surface area (Å²) in [6, 6.07) is 11.7. The average Bonchev–Trinajstić information content (AvgIpc) is 2.46. The molecule has 3 nitrogen and oxygen atoms in total. The van der Waals surface area contributed by atoms with Gasteiger partial charge in [-0.3, -0.25) is 0 Å². The molecule has 0 aliphatic heterocycles. The lowest BCUT2D eigenvalue weighted by Crippen LogP contribution is -2.11. The molecule has 1 aromatic carbocycles. The van der Waals surface area contributed by atoms with Gasteiger partial charge in [0.1, 0.15) is 11.6 Å². The SMILES string of the molecule is COc1cccc(N(C)c2cc(CCl)ccn2)c1. The fraction of sp³-hybridized carbons (Fsp3) is 0.214. The van der Waals surface area contributed by atoms with Crippen LogP contribution in [0.15, 0.2) is 42.6 Å². The molecule has 0 saturated heterocycles. The van der Waals surface area contributed by atoms with Gasteiger partial charge >= 0.3 is 0 Å². The Morgan fingerprint density at radius 2 is 2.11 bits per heavy atom. The molecule has 0 aliphatic carbocycles. The van der Waals surface area contributed by atoms with Crippen LogP contribution in [-0.2, 0) is 5.88 Å². The maximum absolute atomic E-state index is 5.83. The summed E-state index contributed by atoms with van der Waals surface area (Å²) in [5.74, 6) is 2.18. The topological polar surface area (TPSA) is 25.4 Å². The van der Waals surface area contributed by atoms with Gasteiger partial charge in [-0.25, -0.2) is 4.98 Å². The lowest BCUT2D eigenvalue weighted by molar-refractivity contribution is 0.415. The summed E-state index contributed by atoms with van der Waals surface area (Å²) in [6.45, 7) is 0. The molecule has 0 spiro atoms. The van der Waals surface area contributed by atoms with Crippen LogP contribution in [0.3, 0.4) is 0 Å². The van der Waals surface area contributed by atoms with Gasteiger partial charge in [-0.05, 0) is 29.8 Å². The normalized spacial score (nSPS) is 10.2. The zero-order valence-corrected chi connectivity index (χ0v) is 11.2. The van der Waals surface area contributed by atoms with Crippen molar-refractivity contribution in [3.63, 3.8) is 0 Å². The van der Waals surface area contributed by atoms with Crippen LogP contribution in [0.4, 0.5) is 11.5 Å². The van der Waals surface area contributed by atoms with E-state index >= 15 is 0 Å². The third kappa shape index (κ3) is 2.74. The van der Waals surface area contributed by atoms with Gasteiger partial charge in [0.2, 0.25) is 0 Å². The maximum Gasteiger partial charge on any atom is 0.132 e. The molecule has 0 radical (unpaired) electrons. The largest absolute Gasteiger partial charge is 0.497 e. The molecule has 0 unspecified atom stereocenters. The Labute approximate surface area is 112 Å². The fourth-order valence-electron chi connectivity index (χ4n) is 1.68. The summed E-state index contributed by atoms with van der Waals surface area (Å²) < 4.78 is 5.22. The lowest BCUT2D eigenvalue weighted by Gasteiger charge is -2.19. The van der Waals surface area contributed by atoms with Crippen molar-refractivity contribution in [2.75, 3.05) is 19.1 Å². The number of methoxy groups -OCH3 is 1. The van der Waals surface area contributed by atoms with E-state index in [-0.39, 0.29) is 0 Å². The first-order valence-corrected chi connectivity index (χ1v) is 6.16. The molecule has 94 valence electrons. The van der Waals surface area contributed by atoms with E-state index in [1.165, 1.54) is 0 Å². The van der Waals surface area contributed by atoms with Crippen LogP contribution in [0.2, 0.25) is 0 Å². The zero-order valence-electron chi connectivity index (χ0n) is 10.4. The molecule has 0 N–H and O–H groups in total. The first kappa shape index (κ1) is 12.7. The molecule has 2 rings (SSSR count). The van der Waals surface area contributed by atoms with Crippen molar-refractivity contribution in [3.8, 4) is 5.75 Å². The molecule has 1 heterocycles. The highest BCUT2D eigenvalue weighted by molar-refractivity contribution is 6.17. The Bertz CT molecular complexity index is 483.